The predicted octanol–water partition coefficient (Wildman–Crippen LogP) is 4.01. The smallest absolute Gasteiger partial charge is 0.272 e. The average Bonchev–Trinajstić information content (AvgIpc) is 3.36. The van der Waals surface area contributed by atoms with E-state index in [2.05, 4.69) is 57.3 Å². The molecule has 4 rings (SSSR count). The molecule has 1 aliphatic carbocycles. The van der Waals surface area contributed by atoms with Crippen LogP contribution in [-0.2, 0) is 12.8 Å². The van der Waals surface area contributed by atoms with E-state index in [1.165, 1.54) is 11.1 Å². The number of carbonyl (C=O) groups is 1. The zero-order valence-electron chi connectivity index (χ0n) is 18.9. The van der Waals surface area contributed by atoms with Gasteiger partial charge in [-0.1, -0.05) is 36.4 Å². The summed E-state index contributed by atoms with van der Waals surface area (Å²) >= 11 is 0. The van der Waals surface area contributed by atoms with Crippen molar-refractivity contribution in [2.24, 2.45) is 4.99 Å². The van der Waals surface area contributed by atoms with Crippen molar-refractivity contribution < 1.29 is 4.79 Å². The monoisotopic (exact) mass is 427 g/mol. The molecule has 1 aliphatic rings. The van der Waals surface area contributed by atoms with Gasteiger partial charge in [-0.2, -0.15) is 5.10 Å². The summed E-state index contributed by atoms with van der Waals surface area (Å²) in [6.45, 7) is 6.40. The summed E-state index contributed by atoms with van der Waals surface area (Å²) < 4.78 is 0. The zero-order chi connectivity index (χ0) is 22.7. The van der Waals surface area contributed by atoms with Crippen molar-refractivity contribution in [2.75, 3.05) is 20.6 Å². The minimum absolute atomic E-state index is 0.0987. The van der Waals surface area contributed by atoms with Gasteiger partial charge < -0.3 is 10.2 Å². The number of aromatic amines is 1. The Bertz CT molecular complexity index is 1190. The van der Waals surface area contributed by atoms with E-state index in [9.17, 15) is 4.79 Å². The first kappa shape index (κ1) is 21.7. The number of hydrogen-bond donors (Lipinski definition) is 2. The van der Waals surface area contributed by atoms with Crippen molar-refractivity contribution in [3.63, 3.8) is 0 Å². The van der Waals surface area contributed by atoms with Crippen LogP contribution in [0.2, 0.25) is 0 Å². The maximum absolute atomic E-state index is 13.1. The average molecular weight is 428 g/mol. The number of nitrogens with one attached hydrogen (secondary N) is 2. The molecule has 2 N–H and O–H groups in total. The molecule has 0 fully saturated rings. The molecule has 6 nitrogen and oxygen atoms in total. The lowest BCUT2D eigenvalue weighted by Gasteiger charge is -2.12. The number of H-pyrrole nitrogens is 1. The van der Waals surface area contributed by atoms with Gasteiger partial charge in [-0.25, -0.2) is 0 Å². The van der Waals surface area contributed by atoms with Crippen molar-refractivity contribution in [3.8, 4) is 0 Å². The molecule has 1 amide bonds. The van der Waals surface area contributed by atoms with Crippen LogP contribution in [0.25, 0.3) is 16.5 Å². The third kappa shape index (κ3) is 4.70. The molecule has 164 valence electrons. The number of nitrogens with zero attached hydrogens (tertiary/aromatic N) is 3. The van der Waals surface area contributed by atoms with Crippen LogP contribution in [0.1, 0.15) is 34.1 Å². The molecule has 0 unspecified atom stereocenters. The lowest BCUT2D eigenvalue weighted by Crippen LogP contribution is -2.35. The van der Waals surface area contributed by atoms with Crippen molar-refractivity contribution in [3.05, 3.63) is 82.7 Å². The van der Waals surface area contributed by atoms with E-state index in [-0.39, 0.29) is 11.9 Å². The fourth-order valence-electron chi connectivity index (χ4n) is 4.31. The van der Waals surface area contributed by atoms with Crippen LogP contribution in [-0.4, -0.2) is 54.4 Å². The summed E-state index contributed by atoms with van der Waals surface area (Å²) in [6, 6.07) is 14.5. The van der Waals surface area contributed by atoms with Gasteiger partial charge in [0.25, 0.3) is 5.91 Å². The third-order valence-electron chi connectivity index (χ3n) is 5.78. The number of carbonyl (C=O) groups excluding carboxylic acids is 1. The summed E-state index contributed by atoms with van der Waals surface area (Å²) in [5, 5.41) is 11.3. The van der Waals surface area contributed by atoms with Gasteiger partial charge in [-0.3, -0.25) is 14.9 Å². The van der Waals surface area contributed by atoms with E-state index in [4.69, 9.17) is 0 Å². The number of aliphatic imine (C=N–C) groups is 1. The predicted molar refractivity (Wildman–Crippen MR) is 131 cm³/mol. The Balaban J connectivity index is 1.56. The Morgan fingerprint density at radius 2 is 1.97 bits per heavy atom. The van der Waals surface area contributed by atoms with Crippen LogP contribution in [0.3, 0.4) is 0 Å². The van der Waals surface area contributed by atoms with Gasteiger partial charge in [0.15, 0.2) is 5.69 Å². The summed E-state index contributed by atoms with van der Waals surface area (Å²) in [5.74, 6) is -0.142. The second-order valence-electron chi connectivity index (χ2n) is 8.63. The van der Waals surface area contributed by atoms with E-state index in [0.717, 1.165) is 47.0 Å². The van der Waals surface area contributed by atoms with Crippen molar-refractivity contribution in [1.82, 2.24) is 20.4 Å². The molecular weight excluding hydrogens is 398 g/mol. The van der Waals surface area contributed by atoms with Crippen molar-refractivity contribution >= 4 is 29.1 Å². The van der Waals surface area contributed by atoms with Gasteiger partial charge in [0.05, 0.1) is 5.52 Å². The number of hydrogen-bond acceptors (Lipinski definition) is 4. The van der Waals surface area contributed by atoms with E-state index >= 15 is 0 Å². The number of likely N-dealkylation sites (N-methyl/N-ethyl adjacent to an activating group) is 1. The molecule has 0 aliphatic heterocycles. The molecule has 0 saturated heterocycles. The number of rotatable bonds is 7. The molecule has 6 heteroatoms. The van der Waals surface area contributed by atoms with Crippen LogP contribution in [0.15, 0.2) is 65.3 Å². The van der Waals surface area contributed by atoms with Crippen LogP contribution in [0.5, 0.6) is 0 Å². The number of fused-ring (bicyclic) bond motifs is 2. The minimum Gasteiger partial charge on any atom is -0.347 e. The highest BCUT2D eigenvalue weighted by molar-refractivity contribution is 6.05. The lowest BCUT2D eigenvalue weighted by atomic mass is 10.0. The highest BCUT2D eigenvalue weighted by Crippen LogP contribution is 2.25. The number of amides is 1. The zero-order valence-corrected chi connectivity index (χ0v) is 18.9. The van der Waals surface area contributed by atoms with E-state index in [1.54, 1.807) is 6.20 Å². The van der Waals surface area contributed by atoms with Crippen molar-refractivity contribution in [1.29, 1.82) is 0 Å². The quantitative estimate of drug-likeness (QED) is 0.442. The first-order chi connectivity index (χ1) is 15.4. The fraction of sp³-hybridized carbons (Fsp3) is 0.269. The first-order valence-corrected chi connectivity index (χ1v) is 10.8. The molecule has 2 aromatic carbocycles. The Labute approximate surface area is 188 Å². The molecule has 0 bridgehead atoms. The van der Waals surface area contributed by atoms with Gasteiger partial charge in [-0.05, 0) is 80.5 Å². The van der Waals surface area contributed by atoms with E-state index < -0.39 is 0 Å². The SMILES string of the molecule is C=N/C=C(\C=C(/C)c1ccc2[nH]nc(C(=O)NC3Cc4ccccc4C3)c2c1)CN(C)C. The molecule has 3 aromatic rings. The highest BCUT2D eigenvalue weighted by Gasteiger charge is 2.24. The van der Waals surface area contributed by atoms with Gasteiger partial charge in [0.2, 0.25) is 0 Å². The molecule has 1 aromatic heterocycles. The van der Waals surface area contributed by atoms with Gasteiger partial charge in [0.1, 0.15) is 0 Å². The van der Waals surface area contributed by atoms with Crippen LogP contribution < -0.4 is 5.32 Å². The van der Waals surface area contributed by atoms with E-state index in [0.29, 0.717) is 5.69 Å². The molecule has 0 spiro atoms. The third-order valence-corrected chi connectivity index (χ3v) is 5.78. The standard InChI is InChI=1S/C26H29N5O/c1-17(11-18(15-27-2)16-31(3)4)19-9-10-24-23(14-19)25(30-29-24)26(32)28-22-12-20-7-5-6-8-21(20)13-22/h5-11,14-15,22H,2,12-13,16H2,1,3-4H3,(H,28,32)(H,29,30)/b17-11+,18-15+. The number of benzene rings is 2. The second kappa shape index (κ2) is 9.32. The van der Waals surface area contributed by atoms with Gasteiger partial charge in [-0.15, -0.1) is 0 Å². The topological polar surface area (TPSA) is 73.4 Å². The lowest BCUT2D eigenvalue weighted by molar-refractivity contribution is 0.0935. The minimum atomic E-state index is -0.142. The van der Waals surface area contributed by atoms with Crippen LogP contribution >= 0.6 is 0 Å². The maximum Gasteiger partial charge on any atom is 0.272 e. The molecule has 0 saturated carbocycles. The highest BCUT2D eigenvalue weighted by atomic mass is 16.2. The Kier molecular flexibility index (Phi) is 6.32. The maximum atomic E-state index is 13.1. The Morgan fingerprint density at radius 3 is 2.62 bits per heavy atom. The summed E-state index contributed by atoms with van der Waals surface area (Å²) in [7, 11) is 4.04. The van der Waals surface area contributed by atoms with Gasteiger partial charge >= 0.3 is 0 Å². The summed E-state index contributed by atoms with van der Waals surface area (Å²) in [6.07, 6.45) is 5.59. The Hall–Kier alpha value is -3.51. The molecule has 1 heterocycles. The Morgan fingerprint density at radius 1 is 1.25 bits per heavy atom. The molecule has 0 radical (unpaired) electrons. The number of aromatic nitrogens is 2. The van der Waals surface area contributed by atoms with Crippen molar-refractivity contribution in [2.45, 2.75) is 25.8 Å². The second-order valence-corrected chi connectivity index (χ2v) is 8.63. The van der Waals surface area contributed by atoms with Crippen LogP contribution in [0, 0.1) is 0 Å². The summed E-state index contributed by atoms with van der Waals surface area (Å²) in [5.41, 5.74) is 7.08. The number of allylic oxidation sites excluding steroid dienone is 1. The van der Waals surface area contributed by atoms with Gasteiger partial charge in [0, 0.05) is 24.2 Å². The normalized spacial score (nSPS) is 14.8. The first-order valence-electron chi connectivity index (χ1n) is 10.8. The largest absolute Gasteiger partial charge is 0.347 e. The fourth-order valence-corrected chi connectivity index (χ4v) is 4.31. The molecule has 0 atom stereocenters. The summed E-state index contributed by atoms with van der Waals surface area (Å²) in [4.78, 5) is 19.1. The van der Waals surface area contributed by atoms with E-state index in [1.807, 2.05) is 44.4 Å². The van der Waals surface area contributed by atoms with Crippen LogP contribution in [0.4, 0.5) is 0 Å². The molecule has 32 heavy (non-hydrogen) atoms. The molecular formula is C26H29N5O.